The number of hydrogen-bond donors (Lipinski definition) is 2. The molecule has 2 atom stereocenters. The summed E-state index contributed by atoms with van der Waals surface area (Å²) in [5.74, 6) is -6.67. The normalized spacial score (nSPS) is 14.4. The molecule has 21 heteroatoms. The quantitative estimate of drug-likeness (QED) is 0.0689. The van der Waals surface area contributed by atoms with Gasteiger partial charge >= 0.3 is 11.9 Å². The number of ether oxygens (including phenoxy) is 4. The molecule has 1 heterocycles. The molecule has 2 aliphatic carbocycles. The number of amides is 1. The molecule has 2 unspecified atom stereocenters. The molecule has 1 aromatic heterocycles. The second-order valence-electron chi connectivity index (χ2n) is 14.7. The molecule has 2 fully saturated rings. The van der Waals surface area contributed by atoms with Gasteiger partial charge in [-0.1, -0.05) is 35.6 Å². The summed E-state index contributed by atoms with van der Waals surface area (Å²) < 4.78 is 125. The monoisotopic (exact) mass is 968 g/mol. The minimum absolute atomic E-state index is 0.107. The third-order valence-corrected chi connectivity index (χ3v) is 15.2. The van der Waals surface area contributed by atoms with E-state index in [-0.39, 0.29) is 37.0 Å². The second-order valence-corrected chi connectivity index (χ2v) is 20.2. The summed E-state index contributed by atoms with van der Waals surface area (Å²) in [5, 5.41) is 11.6. The van der Waals surface area contributed by atoms with Gasteiger partial charge in [0, 0.05) is 23.3 Å². The number of aromatic nitrogens is 1. The van der Waals surface area contributed by atoms with Crippen LogP contribution in [0.3, 0.4) is 0 Å². The Labute approximate surface area is 378 Å². The topological polar surface area (TPSA) is 202 Å². The number of methoxy groups -OCH3 is 1. The number of benzene rings is 5. The number of carboxylic acid groups (broad SMARTS) is 1. The molecular weight excluding hydrogens is 933 g/mol. The maximum Gasteiger partial charge on any atom is 0.349 e. The molecule has 2 saturated carbocycles. The number of anilines is 1. The Hall–Kier alpha value is -6.84. The molecule has 0 radical (unpaired) electrons. The number of sulfone groups is 2. The van der Waals surface area contributed by atoms with Crippen molar-refractivity contribution in [2.75, 3.05) is 12.4 Å². The van der Waals surface area contributed by atoms with Crippen LogP contribution in [-0.4, -0.2) is 62.4 Å². The Morgan fingerprint density at radius 2 is 1.15 bits per heavy atom. The van der Waals surface area contributed by atoms with E-state index in [2.05, 4.69) is 15.0 Å². The summed E-state index contributed by atoms with van der Waals surface area (Å²) in [6, 6.07) is 22.2. The number of carbonyl (C=O) groups excluding carboxylic acids is 2. The minimum atomic E-state index is -3.47. The van der Waals surface area contributed by atoms with Gasteiger partial charge in [0.2, 0.25) is 17.3 Å². The number of nitrogens with one attached hydrogen (secondary N) is 1. The SMILES string of the molecule is COC(=O)c1ccc(Oc2cnc(NC(=O)C(Oc3ccc(F)cc3F)c3ccc(S(=O)(=O)C4CC4)cc3)s2)cc1.O=C(O)C(Oc1ccc(F)cc1F)c1ccc(S(=O)(=O)C2CC2)cc1. The second kappa shape index (κ2) is 19.7. The number of carboxylic acids is 1. The third-order valence-electron chi connectivity index (χ3n) is 9.90. The van der Waals surface area contributed by atoms with Crippen molar-refractivity contribution in [3.8, 4) is 22.3 Å². The Kier molecular flexibility index (Phi) is 14.1. The number of carbonyl (C=O) groups is 3. The van der Waals surface area contributed by atoms with Crippen LogP contribution in [-0.2, 0) is 34.0 Å². The van der Waals surface area contributed by atoms with E-state index in [1.54, 1.807) is 12.1 Å². The van der Waals surface area contributed by atoms with Gasteiger partial charge in [0.15, 0.2) is 47.9 Å². The van der Waals surface area contributed by atoms with E-state index in [1.165, 1.54) is 74.0 Å². The number of thiazole rings is 1. The predicted molar refractivity (Wildman–Crippen MR) is 229 cm³/mol. The number of rotatable bonds is 16. The van der Waals surface area contributed by atoms with Gasteiger partial charge < -0.3 is 24.1 Å². The first-order chi connectivity index (χ1) is 31.4. The van der Waals surface area contributed by atoms with Crippen LogP contribution in [0.1, 0.15) is 59.4 Å². The van der Waals surface area contributed by atoms with E-state index >= 15 is 0 Å². The van der Waals surface area contributed by atoms with Gasteiger partial charge in [0.05, 0.1) is 39.2 Å². The fourth-order valence-electron chi connectivity index (χ4n) is 6.16. The first-order valence-electron chi connectivity index (χ1n) is 19.7. The molecule has 0 aliphatic heterocycles. The largest absolute Gasteiger partial charge is 0.478 e. The molecule has 5 aromatic carbocycles. The fraction of sp³-hybridized carbons (Fsp3) is 0.200. The number of esters is 1. The Bertz CT molecular complexity index is 2980. The fourth-order valence-corrected chi connectivity index (χ4v) is 10.2. The highest BCUT2D eigenvalue weighted by molar-refractivity contribution is 7.92. The molecule has 2 N–H and O–H groups in total. The summed E-state index contributed by atoms with van der Waals surface area (Å²) in [7, 11) is -5.58. The van der Waals surface area contributed by atoms with E-state index in [0.29, 0.717) is 54.2 Å². The van der Waals surface area contributed by atoms with Crippen LogP contribution in [0.2, 0.25) is 0 Å². The Morgan fingerprint density at radius 3 is 1.59 bits per heavy atom. The van der Waals surface area contributed by atoms with E-state index < -0.39 is 84.0 Å². The highest BCUT2D eigenvalue weighted by atomic mass is 32.2. The van der Waals surface area contributed by atoms with E-state index in [0.717, 1.165) is 35.6 Å². The van der Waals surface area contributed by atoms with Crippen molar-refractivity contribution in [2.45, 2.75) is 58.2 Å². The number of halogens is 4. The summed E-state index contributed by atoms with van der Waals surface area (Å²) in [4.78, 5) is 40.7. The van der Waals surface area contributed by atoms with E-state index in [9.17, 15) is 53.9 Å². The first kappa shape index (κ1) is 47.1. The van der Waals surface area contributed by atoms with Crippen molar-refractivity contribution < 1.29 is 72.8 Å². The minimum Gasteiger partial charge on any atom is -0.478 e. The summed E-state index contributed by atoms with van der Waals surface area (Å²) in [6.07, 6.45) is 0.815. The number of hydrogen-bond acceptors (Lipinski definition) is 13. The maximum atomic E-state index is 14.4. The van der Waals surface area contributed by atoms with Crippen LogP contribution in [0.15, 0.2) is 125 Å². The van der Waals surface area contributed by atoms with Gasteiger partial charge in [-0.3, -0.25) is 10.1 Å². The van der Waals surface area contributed by atoms with Crippen LogP contribution in [0.5, 0.6) is 22.3 Å². The van der Waals surface area contributed by atoms with Crippen molar-refractivity contribution in [1.82, 2.24) is 4.98 Å². The average molecular weight is 969 g/mol. The zero-order chi connectivity index (χ0) is 47.3. The van der Waals surface area contributed by atoms with Crippen LogP contribution < -0.4 is 19.5 Å². The van der Waals surface area contributed by atoms with Gasteiger partial charge in [-0.05, 0) is 98.5 Å². The van der Waals surface area contributed by atoms with Gasteiger partial charge in [-0.15, -0.1) is 0 Å². The van der Waals surface area contributed by atoms with E-state index in [1.807, 2.05) is 0 Å². The lowest BCUT2D eigenvalue weighted by Gasteiger charge is -2.19. The zero-order valence-corrected chi connectivity index (χ0v) is 36.7. The lowest BCUT2D eigenvalue weighted by molar-refractivity contribution is -0.145. The molecule has 2 aliphatic rings. The first-order valence-corrected chi connectivity index (χ1v) is 23.6. The van der Waals surface area contributed by atoms with Crippen LogP contribution in [0, 0.1) is 23.3 Å². The van der Waals surface area contributed by atoms with Gasteiger partial charge in [0.25, 0.3) is 5.91 Å². The molecule has 0 bridgehead atoms. The van der Waals surface area contributed by atoms with Crippen molar-refractivity contribution in [3.63, 3.8) is 0 Å². The zero-order valence-electron chi connectivity index (χ0n) is 34.2. The smallest absolute Gasteiger partial charge is 0.349 e. The lowest BCUT2D eigenvalue weighted by Crippen LogP contribution is -2.26. The van der Waals surface area contributed by atoms with Crippen molar-refractivity contribution >= 4 is 54.0 Å². The molecule has 66 heavy (non-hydrogen) atoms. The van der Waals surface area contributed by atoms with Crippen molar-refractivity contribution in [1.29, 1.82) is 0 Å². The van der Waals surface area contributed by atoms with Crippen molar-refractivity contribution in [2.24, 2.45) is 0 Å². The predicted octanol–water partition coefficient (Wildman–Crippen LogP) is 8.80. The highest BCUT2D eigenvalue weighted by Gasteiger charge is 2.38. The Morgan fingerprint density at radius 1 is 0.682 bits per heavy atom. The Balaban J connectivity index is 0.000000221. The molecule has 1 amide bonds. The van der Waals surface area contributed by atoms with Gasteiger partial charge in [0.1, 0.15) is 17.4 Å². The lowest BCUT2D eigenvalue weighted by atomic mass is 10.1. The van der Waals surface area contributed by atoms with Crippen molar-refractivity contribution in [3.05, 3.63) is 155 Å². The highest BCUT2D eigenvalue weighted by Crippen LogP contribution is 2.37. The van der Waals surface area contributed by atoms with Gasteiger partial charge in [-0.25, -0.2) is 49.0 Å². The van der Waals surface area contributed by atoms with Crippen LogP contribution >= 0.6 is 11.3 Å². The van der Waals surface area contributed by atoms with Gasteiger partial charge in [-0.2, -0.15) is 0 Å². The number of nitrogens with zero attached hydrogens (tertiary/aromatic N) is 1. The maximum absolute atomic E-state index is 14.4. The summed E-state index contributed by atoms with van der Waals surface area (Å²) in [5.41, 5.74) is 0.726. The molecule has 14 nitrogen and oxygen atoms in total. The summed E-state index contributed by atoms with van der Waals surface area (Å²) in [6.45, 7) is 0. The third kappa shape index (κ3) is 11.3. The van der Waals surface area contributed by atoms with Crippen LogP contribution in [0.25, 0.3) is 0 Å². The number of aliphatic carboxylic acids is 1. The molecular formula is C45H36F4N2O12S3. The molecule has 344 valence electrons. The van der Waals surface area contributed by atoms with E-state index in [4.69, 9.17) is 14.2 Å². The average Bonchev–Trinajstić information content (AvgIpc) is 4.24. The molecule has 8 rings (SSSR count). The molecule has 0 spiro atoms. The molecule has 6 aromatic rings. The summed E-state index contributed by atoms with van der Waals surface area (Å²) >= 11 is 0.996. The molecule has 0 saturated heterocycles. The van der Waals surface area contributed by atoms with Crippen LogP contribution in [0.4, 0.5) is 22.7 Å². The standard InChI is InChI=1S/C28H22F2N2O7S2.C17H14F2O5S/c1-37-27(34)17-2-7-19(8-3-17)38-24-15-31-28(40-24)32-26(33)25(39-23-13-6-18(29)14-22(23)30)16-4-9-20(10-5-16)41(35,36)21-11-12-21;18-11-3-8-15(14(19)9-11)24-16(17(20)21)10-1-4-12(5-2-10)25(22,23)13-6-7-13/h2-10,13-15,21,25H,11-12H2,1H3,(H,31,32,33);1-5,8-9,13,16H,6-7H2,(H,20,21).